The SMILES string of the molecule is N=c1c(C(N)=O)cc(Cl)cn1Cc1cccc(-c2ccccn2)c1. The summed E-state index contributed by atoms with van der Waals surface area (Å²) in [5.41, 5.74) is 8.27. The van der Waals surface area contributed by atoms with E-state index in [1.165, 1.54) is 6.07 Å². The lowest BCUT2D eigenvalue weighted by Gasteiger charge is -2.11. The lowest BCUT2D eigenvalue weighted by molar-refractivity contribution is 0.0998. The Hall–Kier alpha value is -2.92. The molecule has 3 N–H and O–H groups in total. The van der Waals surface area contributed by atoms with Crippen LogP contribution in [-0.2, 0) is 6.54 Å². The van der Waals surface area contributed by atoms with E-state index < -0.39 is 5.91 Å². The van der Waals surface area contributed by atoms with Crippen molar-refractivity contribution in [2.24, 2.45) is 5.73 Å². The summed E-state index contributed by atoms with van der Waals surface area (Å²) in [6.07, 6.45) is 3.36. The first kappa shape index (κ1) is 16.0. The molecule has 1 amide bonds. The van der Waals surface area contributed by atoms with Crippen molar-refractivity contribution in [3.8, 4) is 11.3 Å². The number of aromatic nitrogens is 2. The van der Waals surface area contributed by atoms with Crippen LogP contribution in [-0.4, -0.2) is 15.5 Å². The van der Waals surface area contributed by atoms with Crippen LogP contribution in [0, 0.1) is 5.41 Å². The fourth-order valence-corrected chi connectivity index (χ4v) is 2.71. The first-order chi connectivity index (χ1) is 11.5. The van der Waals surface area contributed by atoms with E-state index in [9.17, 15) is 4.79 Å². The molecular formula is C18H15ClN4O. The average Bonchev–Trinajstić information content (AvgIpc) is 2.58. The Morgan fingerprint density at radius 3 is 2.75 bits per heavy atom. The monoisotopic (exact) mass is 338 g/mol. The summed E-state index contributed by atoms with van der Waals surface area (Å²) in [5.74, 6) is -0.668. The van der Waals surface area contributed by atoms with Crippen LogP contribution in [0.15, 0.2) is 60.9 Å². The van der Waals surface area contributed by atoms with Crippen molar-refractivity contribution < 1.29 is 4.79 Å². The molecule has 1 aromatic carbocycles. The van der Waals surface area contributed by atoms with Gasteiger partial charge in [0.1, 0.15) is 5.49 Å². The van der Waals surface area contributed by atoms with Gasteiger partial charge in [-0.1, -0.05) is 35.9 Å². The molecule has 6 heteroatoms. The van der Waals surface area contributed by atoms with Crippen molar-refractivity contribution in [2.45, 2.75) is 6.54 Å². The van der Waals surface area contributed by atoms with E-state index in [0.717, 1.165) is 16.8 Å². The zero-order valence-electron chi connectivity index (χ0n) is 12.7. The summed E-state index contributed by atoms with van der Waals surface area (Å²) in [4.78, 5) is 15.8. The van der Waals surface area contributed by atoms with Crippen molar-refractivity contribution in [2.75, 3.05) is 0 Å². The van der Waals surface area contributed by atoms with E-state index in [4.69, 9.17) is 22.7 Å². The third-order valence-corrected chi connectivity index (χ3v) is 3.82. The number of hydrogen-bond donors (Lipinski definition) is 2. The van der Waals surface area contributed by atoms with Crippen LogP contribution in [0.25, 0.3) is 11.3 Å². The number of rotatable bonds is 4. The number of carbonyl (C=O) groups is 1. The standard InChI is InChI=1S/C18H15ClN4O/c19-14-9-15(18(21)24)17(20)23(11-14)10-12-4-3-5-13(8-12)16-6-1-2-7-22-16/h1-9,11,20H,10H2,(H2,21,24). The fourth-order valence-electron chi connectivity index (χ4n) is 2.48. The van der Waals surface area contributed by atoms with E-state index in [-0.39, 0.29) is 11.1 Å². The van der Waals surface area contributed by atoms with Gasteiger partial charge in [0.2, 0.25) is 0 Å². The van der Waals surface area contributed by atoms with Gasteiger partial charge in [0, 0.05) is 24.5 Å². The molecule has 0 unspecified atom stereocenters. The summed E-state index contributed by atoms with van der Waals surface area (Å²) in [5, 5.41) is 8.49. The van der Waals surface area contributed by atoms with Gasteiger partial charge in [0.25, 0.3) is 5.91 Å². The number of pyridine rings is 2. The highest BCUT2D eigenvalue weighted by molar-refractivity contribution is 6.30. The molecule has 0 atom stereocenters. The van der Waals surface area contributed by atoms with Crippen LogP contribution in [0.3, 0.4) is 0 Å². The molecule has 0 radical (unpaired) electrons. The van der Waals surface area contributed by atoms with Crippen molar-refractivity contribution in [3.05, 3.63) is 82.6 Å². The smallest absolute Gasteiger partial charge is 0.252 e. The van der Waals surface area contributed by atoms with Crippen LogP contribution in [0.1, 0.15) is 15.9 Å². The molecule has 24 heavy (non-hydrogen) atoms. The molecule has 5 nitrogen and oxygen atoms in total. The van der Waals surface area contributed by atoms with Crippen LogP contribution >= 0.6 is 11.6 Å². The Balaban J connectivity index is 1.98. The van der Waals surface area contributed by atoms with Gasteiger partial charge >= 0.3 is 0 Å². The molecular weight excluding hydrogens is 324 g/mol. The van der Waals surface area contributed by atoms with Crippen molar-refractivity contribution >= 4 is 17.5 Å². The quantitative estimate of drug-likeness (QED) is 0.766. The number of nitrogens with zero attached hydrogens (tertiary/aromatic N) is 2. The lowest BCUT2D eigenvalue weighted by atomic mass is 10.1. The molecule has 3 rings (SSSR count). The Kier molecular flexibility index (Phi) is 4.44. The minimum atomic E-state index is -0.668. The normalized spacial score (nSPS) is 10.5. The molecule has 2 heterocycles. The second-order valence-corrected chi connectivity index (χ2v) is 5.76. The maximum Gasteiger partial charge on any atom is 0.252 e. The number of halogens is 1. The number of amides is 1. The van der Waals surface area contributed by atoms with Gasteiger partial charge in [-0.15, -0.1) is 0 Å². The Morgan fingerprint density at radius 1 is 1.21 bits per heavy atom. The first-order valence-electron chi connectivity index (χ1n) is 7.29. The number of benzene rings is 1. The molecule has 3 aromatic rings. The summed E-state index contributed by atoms with van der Waals surface area (Å²) in [7, 11) is 0. The minimum absolute atomic E-state index is 0.0372. The number of nitrogens with two attached hydrogens (primary N) is 1. The highest BCUT2D eigenvalue weighted by Crippen LogP contribution is 2.18. The largest absolute Gasteiger partial charge is 0.365 e. The molecule has 0 aliphatic heterocycles. The van der Waals surface area contributed by atoms with Crippen LogP contribution in [0.4, 0.5) is 0 Å². The van der Waals surface area contributed by atoms with Gasteiger partial charge in [-0.2, -0.15) is 0 Å². The number of primary amides is 1. The molecule has 0 saturated carbocycles. The molecule has 120 valence electrons. The van der Waals surface area contributed by atoms with Crippen LogP contribution in [0.2, 0.25) is 5.02 Å². The highest BCUT2D eigenvalue weighted by Gasteiger charge is 2.09. The second-order valence-electron chi connectivity index (χ2n) is 5.33. The number of carbonyl (C=O) groups excluding carboxylic acids is 1. The molecule has 0 fully saturated rings. The van der Waals surface area contributed by atoms with Crippen molar-refractivity contribution in [3.63, 3.8) is 0 Å². The van der Waals surface area contributed by atoms with E-state index in [0.29, 0.717) is 11.6 Å². The van der Waals surface area contributed by atoms with Gasteiger partial charge < -0.3 is 10.3 Å². The lowest BCUT2D eigenvalue weighted by Crippen LogP contribution is -2.29. The number of hydrogen-bond acceptors (Lipinski definition) is 3. The molecule has 0 spiro atoms. The van der Waals surface area contributed by atoms with E-state index in [1.807, 2.05) is 42.5 Å². The third kappa shape index (κ3) is 3.36. The topological polar surface area (TPSA) is 84.8 Å². The van der Waals surface area contributed by atoms with Gasteiger partial charge in [0.05, 0.1) is 16.3 Å². The van der Waals surface area contributed by atoms with E-state index >= 15 is 0 Å². The van der Waals surface area contributed by atoms with E-state index in [1.54, 1.807) is 17.0 Å². The zero-order valence-corrected chi connectivity index (χ0v) is 13.5. The predicted molar refractivity (Wildman–Crippen MR) is 92.6 cm³/mol. The highest BCUT2D eigenvalue weighted by atomic mass is 35.5. The van der Waals surface area contributed by atoms with Gasteiger partial charge in [-0.3, -0.25) is 15.2 Å². The molecule has 0 bridgehead atoms. The maximum absolute atomic E-state index is 11.4. The molecule has 0 aliphatic rings. The van der Waals surface area contributed by atoms with Gasteiger partial charge in [0.15, 0.2) is 0 Å². The average molecular weight is 339 g/mol. The first-order valence-corrected chi connectivity index (χ1v) is 7.67. The van der Waals surface area contributed by atoms with Crippen molar-refractivity contribution in [1.82, 2.24) is 9.55 Å². The summed E-state index contributed by atoms with van der Waals surface area (Å²) < 4.78 is 1.60. The summed E-state index contributed by atoms with van der Waals surface area (Å²) >= 11 is 6.04. The second kappa shape index (κ2) is 6.68. The third-order valence-electron chi connectivity index (χ3n) is 3.61. The van der Waals surface area contributed by atoms with Crippen LogP contribution in [0.5, 0.6) is 0 Å². The zero-order chi connectivity index (χ0) is 17.1. The summed E-state index contributed by atoms with van der Waals surface area (Å²) in [6, 6.07) is 15.0. The van der Waals surface area contributed by atoms with Crippen LogP contribution < -0.4 is 11.2 Å². The van der Waals surface area contributed by atoms with Crippen molar-refractivity contribution in [1.29, 1.82) is 5.41 Å². The Labute approximate surface area is 143 Å². The predicted octanol–water partition coefficient (Wildman–Crippen LogP) is 2.83. The molecule has 0 aliphatic carbocycles. The van der Waals surface area contributed by atoms with Gasteiger partial charge in [-0.05, 0) is 29.8 Å². The summed E-state index contributed by atoms with van der Waals surface area (Å²) in [6.45, 7) is 0.403. The maximum atomic E-state index is 11.4. The molecule has 0 saturated heterocycles. The van der Waals surface area contributed by atoms with Gasteiger partial charge in [-0.25, -0.2) is 0 Å². The minimum Gasteiger partial charge on any atom is -0.365 e. The van der Waals surface area contributed by atoms with E-state index in [2.05, 4.69) is 4.98 Å². The number of nitrogens with one attached hydrogen (secondary N) is 1. The molecule has 2 aromatic heterocycles. The Bertz CT molecular complexity index is 951. The fraction of sp³-hybridized carbons (Fsp3) is 0.0556. The Morgan fingerprint density at radius 2 is 2.04 bits per heavy atom.